The number of non-ortho nitro benzene ring substituents is 1. The van der Waals surface area contributed by atoms with Crippen molar-refractivity contribution in [2.45, 2.75) is 51.5 Å². The Balaban J connectivity index is 0.00000484. The number of rotatable bonds is 9. The largest absolute Gasteiger partial charge is 0.355 e. The molecule has 130 valence electrons. The van der Waals surface area contributed by atoms with E-state index in [-0.39, 0.29) is 24.0 Å². The number of carbonyl (C=O) groups excluding carboxylic acids is 1. The quantitative estimate of drug-likeness (QED) is 0.409. The molecule has 1 unspecified atom stereocenters. The van der Waals surface area contributed by atoms with Crippen LogP contribution in [0.25, 0.3) is 0 Å². The van der Waals surface area contributed by atoms with Gasteiger partial charge < -0.3 is 11.1 Å². The molecule has 0 radical (unpaired) electrons. The zero-order chi connectivity index (χ0) is 16.6. The molecule has 0 aromatic heterocycles. The number of nitro benzene ring substituents is 1. The SMILES string of the molecule is CCCC(C)(N)C(=O)NCCCCc1ccc([N+](=O)[O-])cc1.Cl. The van der Waals surface area contributed by atoms with Crippen molar-refractivity contribution >= 4 is 24.0 Å². The second-order valence-corrected chi connectivity index (χ2v) is 5.80. The summed E-state index contributed by atoms with van der Waals surface area (Å²) in [6, 6.07) is 6.58. The van der Waals surface area contributed by atoms with Crippen LogP contribution in [0.5, 0.6) is 0 Å². The molecule has 1 aromatic carbocycles. The zero-order valence-electron chi connectivity index (χ0n) is 13.7. The van der Waals surface area contributed by atoms with Gasteiger partial charge in [0.05, 0.1) is 10.5 Å². The van der Waals surface area contributed by atoms with Gasteiger partial charge in [-0.25, -0.2) is 0 Å². The van der Waals surface area contributed by atoms with Crippen LogP contribution in [0.1, 0.15) is 45.1 Å². The molecule has 0 heterocycles. The standard InChI is InChI=1S/C16H25N3O3.ClH/c1-3-11-16(2,17)15(20)18-12-5-4-6-13-7-9-14(10-8-13)19(21)22;/h7-10H,3-6,11-12,17H2,1-2H3,(H,18,20);1H. The van der Waals surface area contributed by atoms with E-state index >= 15 is 0 Å². The highest BCUT2D eigenvalue weighted by Crippen LogP contribution is 2.13. The molecule has 0 fully saturated rings. The number of nitrogens with one attached hydrogen (secondary N) is 1. The van der Waals surface area contributed by atoms with Crippen LogP contribution < -0.4 is 11.1 Å². The van der Waals surface area contributed by atoms with E-state index in [9.17, 15) is 14.9 Å². The summed E-state index contributed by atoms with van der Waals surface area (Å²) in [6.45, 7) is 4.35. The van der Waals surface area contributed by atoms with Crippen LogP contribution in [-0.4, -0.2) is 22.9 Å². The predicted molar refractivity (Wildman–Crippen MR) is 93.8 cm³/mol. The number of hydrogen-bond donors (Lipinski definition) is 2. The van der Waals surface area contributed by atoms with Crippen molar-refractivity contribution in [3.05, 3.63) is 39.9 Å². The van der Waals surface area contributed by atoms with Crippen molar-refractivity contribution in [1.82, 2.24) is 5.32 Å². The molecular weight excluding hydrogens is 318 g/mol. The Hall–Kier alpha value is -1.66. The maximum absolute atomic E-state index is 11.9. The minimum Gasteiger partial charge on any atom is -0.355 e. The van der Waals surface area contributed by atoms with Crippen LogP contribution in [0.4, 0.5) is 5.69 Å². The van der Waals surface area contributed by atoms with Crippen molar-refractivity contribution in [3.63, 3.8) is 0 Å². The molecule has 0 aliphatic heterocycles. The number of nitrogens with zero attached hydrogens (tertiary/aromatic N) is 1. The summed E-state index contributed by atoms with van der Waals surface area (Å²) < 4.78 is 0. The number of nitrogens with two attached hydrogens (primary N) is 1. The van der Waals surface area contributed by atoms with Gasteiger partial charge in [0.2, 0.25) is 5.91 Å². The van der Waals surface area contributed by atoms with Crippen LogP contribution in [0.15, 0.2) is 24.3 Å². The van der Waals surface area contributed by atoms with Crippen LogP contribution in [0, 0.1) is 10.1 Å². The number of hydrogen-bond acceptors (Lipinski definition) is 4. The van der Waals surface area contributed by atoms with Crippen LogP contribution in [-0.2, 0) is 11.2 Å². The molecule has 3 N–H and O–H groups in total. The van der Waals surface area contributed by atoms with E-state index in [2.05, 4.69) is 5.32 Å². The number of nitro groups is 1. The third kappa shape index (κ3) is 7.43. The average Bonchev–Trinajstić information content (AvgIpc) is 2.47. The van der Waals surface area contributed by atoms with Crippen LogP contribution in [0.2, 0.25) is 0 Å². The van der Waals surface area contributed by atoms with E-state index in [1.807, 2.05) is 6.92 Å². The van der Waals surface area contributed by atoms with Crippen molar-refractivity contribution in [2.24, 2.45) is 5.73 Å². The molecule has 0 spiro atoms. The molecule has 6 nitrogen and oxygen atoms in total. The Morgan fingerprint density at radius 1 is 1.30 bits per heavy atom. The molecule has 0 aliphatic rings. The number of benzene rings is 1. The van der Waals surface area contributed by atoms with Gasteiger partial charge in [0.15, 0.2) is 0 Å². The Labute approximate surface area is 143 Å². The predicted octanol–water partition coefficient (Wildman–Crippen LogP) is 2.97. The van der Waals surface area contributed by atoms with Crippen LogP contribution in [0.3, 0.4) is 0 Å². The minimum atomic E-state index is -0.798. The fourth-order valence-corrected chi connectivity index (χ4v) is 2.28. The second kappa shape index (κ2) is 10.2. The van der Waals surface area contributed by atoms with E-state index in [0.29, 0.717) is 13.0 Å². The van der Waals surface area contributed by atoms with E-state index in [1.165, 1.54) is 12.1 Å². The molecule has 0 aliphatic carbocycles. The lowest BCUT2D eigenvalue weighted by atomic mass is 9.96. The molecule has 1 rings (SSSR count). The lowest BCUT2D eigenvalue weighted by Crippen LogP contribution is -2.51. The Morgan fingerprint density at radius 2 is 1.91 bits per heavy atom. The molecule has 0 saturated carbocycles. The van der Waals surface area contributed by atoms with E-state index in [0.717, 1.165) is 31.2 Å². The maximum Gasteiger partial charge on any atom is 0.269 e. The monoisotopic (exact) mass is 343 g/mol. The highest BCUT2D eigenvalue weighted by Gasteiger charge is 2.26. The third-order valence-electron chi connectivity index (χ3n) is 3.61. The van der Waals surface area contributed by atoms with Crippen molar-refractivity contribution < 1.29 is 9.72 Å². The molecule has 23 heavy (non-hydrogen) atoms. The Bertz CT molecular complexity index is 504. The van der Waals surface area contributed by atoms with Gasteiger partial charge in [-0.2, -0.15) is 0 Å². The first-order chi connectivity index (χ1) is 10.4. The lowest BCUT2D eigenvalue weighted by Gasteiger charge is -2.22. The Kier molecular flexibility index (Phi) is 9.44. The number of amides is 1. The van der Waals surface area contributed by atoms with Gasteiger partial charge in [0, 0.05) is 18.7 Å². The summed E-state index contributed by atoms with van der Waals surface area (Å²) in [7, 11) is 0. The normalized spacial score (nSPS) is 12.8. The molecule has 1 atom stereocenters. The fourth-order valence-electron chi connectivity index (χ4n) is 2.28. The van der Waals surface area contributed by atoms with E-state index < -0.39 is 10.5 Å². The Morgan fingerprint density at radius 3 is 2.43 bits per heavy atom. The highest BCUT2D eigenvalue weighted by molar-refractivity contribution is 5.85. The molecule has 0 bridgehead atoms. The second-order valence-electron chi connectivity index (χ2n) is 5.80. The van der Waals surface area contributed by atoms with Gasteiger partial charge in [-0.05, 0) is 38.2 Å². The highest BCUT2D eigenvalue weighted by atomic mass is 35.5. The van der Waals surface area contributed by atoms with Crippen molar-refractivity contribution in [2.75, 3.05) is 6.54 Å². The van der Waals surface area contributed by atoms with E-state index in [4.69, 9.17) is 5.73 Å². The zero-order valence-corrected chi connectivity index (χ0v) is 14.5. The number of halogens is 1. The summed E-state index contributed by atoms with van der Waals surface area (Å²) in [4.78, 5) is 22.0. The molecular formula is C16H26ClN3O3. The summed E-state index contributed by atoms with van der Waals surface area (Å²) in [5.41, 5.74) is 6.32. The van der Waals surface area contributed by atoms with Crippen molar-refractivity contribution in [3.8, 4) is 0 Å². The topological polar surface area (TPSA) is 98.3 Å². The summed E-state index contributed by atoms with van der Waals surface area (Å²) in [5.74, 6) is -0.107. The molecule has 0 saturated heterocycles. The minimum absolute atomic E-state index is 0. The summed E-state index contributed by atoms with van der Waals surface area (Å²) >= 11 is 0. The van der Waals surface area contributed by atoms with Crippen molar-refractivity contribution in [1.29, 1.82) is 0 Å². The fraction of sp³-hybridized carbons (Fsp3) is 0.562. The van der Waals surface area contributed by atoms with Gasteiger partial charge in [0.1, 0.15) is 0 Å². The van der Waals surface area contributed by atoms with Crippen LogP contribution >= 0.6 is 12.4 Å². The van der Waals surface area contributed by atoms with E-state index in [1.54, 1.807) is 19.1 Å². The average molecular weight is 344 g/mol. The smallest absolute Gasteiger partial charge is 0.269 e. The number of carbonyl (C=O) groups is 1. The van der Waals surface area contributed by atoms with Gasteiger partial charge >= 0.3 is 0 Å². The van der Waals surface area contributed by atoms with Gasteiger partial charge in [-0.3, -0.25) is 14.9 Å². The first-order valence-electron chi connectivity index (χ1n) is 7.67. The third-order valence-corrected chi connectivity index (χ3v) is 3.61. The first-order valence-corrected chi connectivity index (χ1v) is 7.67. The van der Waals surface area contributed by atoms with Gasteiger partial charge in [-0.1, -0.05) is 25.5 Å². The maximum atomic E-state index is 11.9. The number of unbranched alkanes of at least 4 members (excludes halogenated alkanes) is 1. The number of aryl methyl sites for hydroxylation is 1. The molecule has 1 amide bonds. The van der Waals surface area contributed by atoms with Gasteiger partial charge in [-0.15, -0.1) is 12.4 Å². The lowest BCUT2D eigenvalue weighted by molar-refractivity contribution is -0.384. The van der Waals surface area contributed by atoms with Gasteiger partial charge in [0.25, 0.3) is 5.69 Å². The first kappa shape index (κ1) is 21.3. The molecule has 1 aromatic rings. The summed E-state index contributed by atoms with van der Waals surface area (Å²) in [6.07, 6.45) is 4.14. The summed E-state index contributed by atoms with van der Waals surface area (Å²) in [5, 5.41) is 13.4. The molecule has 7 heteroatoms.